The number of likely N-dealkylation sites (tertiary alicyclic amines) is 1. The average molecular weight is 396 g/mol. The van der Waals surface area contributed by atoms with Crippen LogP contribution in [0.15, 0.2) is 52.8 Å². The van der Waals surface area contributed by atoms with Crippen molar-refractivity contribution in [1.29, 1.82) is 0 Å². The molecule has 3 aliphatic heterocycles. The summed E-state index contributed by atoms with van der Waals surface area (Å²) in [5.74, 6) is 2.12. The topological polar surface area (TPSA) is 90.8 Å². The summed E-state index contributed by atoms with van der Waals surface area (Å²) in [6, 6.07) is 5.61. The van der Waals surface area contributed by atoms with Gasteiger partial charge in [-0.1, -0.05) is 6.58 Å². The minimum absolute atomic E-state index is 0.0460. The molecule has 0 bridgehead atoms. The van der Waals surface area contributed by atoms with Crippen LogP contribution in [0.2, 0.25) is 0 Å². The third-order valence-corrected chi connectivity index (χ3v) is 5.21. The fraction of sp³-hybridized carbons (Fsp3) is 0.350. The lowest BCUT2D eigenvalue weighted by Gasteiger charge is -2.29. The monoisotopic (exact) mass is 396 g/mol. The SMILES string of the molecule is C=CC(=O)N1CC[C@H](C2=CN3N=CNC3C(Nc3ccc(OC)c(OC)c3)=N2)C1. The summed E-state index contributed by atoms with van der Waals surface area (Å²) in [4.78, 5) is 18.6. The molecule has 3 heterocycles. The van der Waals surface area contributed by atoms with Crippen LogP contribution in [0.5, 0.6) is 11.5 Å². The molecule has 0 aliphatic carbocycles. The number of amidine groups is 1. The highest BCUT2D eigenvalue weighted by molar-refractivity contribution is 6.02. The van der Waals surface area contributed by atoms with E-state index in [2.05, 4.69) is 22.3 Å². The molecule has 0 aromatic heterocycles. The van der Waals surface area contributed by atoms with Gasteiger partial charge in [0, 0.05) is 37.0 Å². The van der Waals surface area contributed by atoms with E-state index in [1.165, 1.54) is 6.08 Å². The third-order valence-electron chi connectivity index (χ3n) is 5.21. The molecule has 1 unspecified atom stereocenters. The first kappa shape index (κ1) is 18.9. The standard InChI is InChI=1S/C20H24N6O3/c1-4-18(27)25-8-7-13(10-25)15-11-26-20(21-12-22-26)19(24-15)23-14-5-6-16(28-2)17(9-14)29-3/h4-6,9,11-13,20H,1,7-8,10H2,2-3H3,(H,21,22)(H,23,24)/t13-,20?/m0/s1. The highest BCUT2D eigenvalue weighted by atomic mass is 16.5. The number of methoxy groups -OCH3 is 2. The van der Waals surface area contributed by atoms with E-state index in [0.29, 0.717) is 24.6 Å². The Morgan fingerprint density at radius 3 is 2.93 bits per heavy atom. The summed E-state index contributed by atoms with van der Waals surface area (Å²) in [5, 5.41) is 12.8. The van der Waals surface area contributed by atoms with Gasteiger partial charge in [-0.05, 0) is 24.6 Å². The molecule has 2 N–H and O–H groups in total. The highest BCUT2D eigenvalue weighted by Gasteiger charge is 2.34. The molecule has 1 aromatic carbocycles. The number of hydrogen-bond donors (Lipinski definition) is 2. The van der Waals surface area contributed by atoms with Gasteiger partial charge in [-0.2, -0.15) is 5.10 Å². The maximum atomic E-state index is 11.9. The van der Waals surface area contributed by atoms with Gasteiger partial charge in [0.2, 0.25) is 5.91 Å². The summed E-state index contributed by atoms with van der Waals surface area (Å²) in [6.07, 6.45) is 5.59. The summed E-state index contributed by atoms with van der Waals surface area (Å²) in [6.45, 7) is 4.90. The van der Waals surface area contributed by atoms with Gasteiger partial charge < -0.3 is 25.0 Å². The number of nitrogens with one attached hydrogen (secondary N) is 2. The van der Waals surface area contributed by atoms with Gasteiger partial charge in [0.1, 0.15) is 6.34 Å². The van der Waals surface area contributed by atoms with Gasteiger partial charge in [-0.15, -0.1) is 0 Å². The quantitative estimate of drug-likeness (QED) is 0.735. The minimum Gasteiger partial charge on any atom is -0.493 e. The second-order valence-corrected chi connectivity index (χ2v) is 6.91. The van der Waals surface area contributed by atoms with Crippen molar-refractivity contribution >= 4 is 23.8 Å². The number of anilines is 1. The Bertz CT molecular complexity index is 909. The van der Waals surface area contributed by atoms with Crippen molar-refractivity contribution in [3.63, 3.8) is 0 Å². The fourth-order valence-corrected chi connectivity index (χ4v) is 3.68. The van der Waals surface area contributed by atoms with Crippen molar-refractivity contribution in [2.75, 3.05) is 32.6 Å². The molecule has 152 valence electrons. The lowest BCUT2D eigenvalue weighted by atomic mass is 10.0. The Morgan fingerprint density at radius 1 is 1.34 bits per heavy atom. The molecule has 0 saturated carbocycles. The maximum Gasteiger partial charge on any atom is 0.245 e. The summed E-state index contributed by atoms with van der Waals surface area (Å²) in [5.41, 5.74) is 1.72. The van der Waals surface area contributed by atoms with Crippen LogP contribution < -0.4 is 20.1 Å². The smallest absolute Gasteiger partial charge is 0.245 e. The lowest BCUT2D eigenvalue weighted by Crippen LogP contribution is -2.46. The first-order chi connectivity index (χ1) is 14.1. The van der Waals surface area contributed by atoms with E-state index >= 15 is 0 Å². The zero-order valence-electron chi connectivity index (χ0n) is 16.5. The zero-order chi connectivity index (χ0) is 20.4. The molecule has 3 aliphatic rings. The van der Waals surface area contributed by atoms with Gasteiger partial charge >= 0.3 is 0 Å². The second-order valence-electron chi connectivity index (χ2n) is 6.91. The second kappa shape index (κ2) is 7.86. The van der Waals surface area contributed by atoms with Crippen LogP contribution in [0.3, 0.4) is 0 Å². The summed E-state index contributed by atoms with van der Waals surface area (Å²) >= 11 is 0. The fourth-order valence-electron chi connectivity index (χ4n) is 3.68. The third kappa shape index (κ3) is 3.63. The van der Waals surface area contributed by atoms with Gasteiger partial charge in [-0.3, -0.25) is 4.79 Å². The Labute approximate surface area is 169 Å². The van der Waals surface area contributed by atoms with Crippen LogP contribution in [0, 0.1) is 5.92 Å². The number of amides is 1. The number of ether oxygens (including phenoxy) is 2. The highest BCUT2D eigenvalue weighted by Crippen LogP contribution is 2.32. The number of hydrazone groups is 1. The first-order valence-corrected chi connectivity index (χ1v) is 9.40. The lowest BCUT2D eigenvalue weighted by molar-refractivity contribution is -0.125. The van der Waals surface area contributed by atoms with Gasteiger partial charge in [0.25, 0.3) is 0 Å². The van der Waals surface area contributed by atoms with E-state index in [1.807, 2.05) is 29.4 Å². The Balaban J connectivity index is 1.57. The van der Waals surface area contributed by atoms with Crippen LogP contribution in [0.4, 0.5) is 5.69 Å². The molecule has 0 radical (unpaired) electrons. The summed E-state index contributed by atoms with van der Waals surface area (Å²) < 4.78 is 10.7. The largest absolute Gasteiger partial charge is 0.493 e. The van der Waals surface area contributed by atoms with E-state index in [9.17, 15) is 4.79 Å². The van der Waals surface area contributed by atoms with Gasteiger partial charge in [0.15, 0.2) is 23.5 Å². The molecule has 9 heteroatoms. The van der Waals surface area contributed by atoms with Crippen LogP contribution in [0.1, 0.15) is 6.42 Å². The number of hydrogen-bond acceptors (Lipinski definition) is 8. The average Bonchev–Trinajstić information content (AvgIpc) is 3.42. The number of fused-ring (bicyclic) bond motifs is 1. The van der Waals surface area contributed by atoms with E-state index in [-0.39, 0.29) is 18.0 Å². The number of carbonyl (C=O) groups excluding carboxylic acids is 1. The Morgan fingerprint density at radius 2 is 2.17 bits per heavy atom. The molecule has 1 amide bonds. The van der Waals surface area contributed by atoms with E-state index in [4.69, 9.17) is 14.5 Å². The zero-order valence-corrected chi connectivity index (χ0v) is 16.5. The van der Waals surface area contributed by atoms with Crippen molar-refractivity contribution in [3.8, 4) is 11.5 Å². The van der Waals surface area contributed by atoms with Crippen LogP contribution >= 0.6 is 0 Å². The number of nitrogens with zero attached hydrogens (tertiary/aromatic N) is 4. The first-order valence-electron chi connectivity index (χ1n) is 9.40. The van der Waals surface area contributed by atoms with Crippen molar-refractivity contribution < 1.29 is 14.3 Å². The number of benzene rings is 1. The van der Waals surface area contributed by atoms with Crippen molar-refractivity contribution in [2.45, 2.75) is 12.6 Å². The molecule has 4 rings (SSSR count). The van der Waals surface area contributed by atoms with Crippen LogP contribution in [-0.2, 0) is 4.79 Å². The molecule has 1 saturated heterocycles. The van der Waals surface area contributed by atoms with Gasteiger partial charge in [0.05, 0.1) is 19.9 Å². The maximum absolute atomic E-state index is 11.9. The number of carbonyl (C=O) groups is 1. The van der Waals surface area contributed by atoms with Crippen LogP contribution in [-0.4, -0.2) is 61.5 Å². The number of aliphatic imine (C=N–C) groups is 1. The Kier molecular flexibility index (Phi) is 5.11. The predicted molar refractivity (Wildman–Crippen MR) is 111 cm³/mol. The summed E-state index contributed by atoms with van der Waals surface area (Å²) in [7, 11) is 3.21. The van der Waals surface area contributed by atoms with Gasteiger partial charge in [-0.25, -0.2) is 10.0 Å². The van der Waals surface area contributed by atoms with Crippen LogP contribution in [0.25, 0.3) is 0 Å². The molecule has 1 fully saturated rings. The van der Waals surface area contributed by atoms with Crippen molar-refractivity contribution in [2.24, 2.45) is 16.0 Å². The molecule has 2 atom stereocenters. The van der Waals surface area contributed by atoms with Crippen molar-refractivity contribution in [3.05, 3.63) is 42.8 Å². The predicted octanol–water partition coefficient (Wildman–Crippen LogP) is 1.58. The van der Waals surface area contributed by atoms with E-state index in [1.54, 1.807) is 25.5 Å². The Hall–Kier alpha value is -3.49. The van der Waals surface area contributed by atoms with Crippen molar-refractivity contribution in [1.82, 2.24) is 15.2 Å². The molecule has 9 nitrogen and oxygen atoms in total. The molecule has 0 spiro atoms. The van der Waals surface area contributed by atoms with E-state index < -0.39 is 0 Å². The molecular weight excluding hydrogens is 372 g/mol. The number of rotatable bonds is 5. The molecular formula is C20H24N6O3. The van der Waals surface area contributed by atoms with E-state index in [0.717, 1.165) is 23.6 Å². The minimum atomic E-state index is -0.209. The normalized spacial score (nSPS) is 22.4. The molecule has 1 aromatic rings. The molecule has 29 heavy (non-hydrogen) atoms.